The minimum atomic E-state index is -0.762. The van der Waals surface area contributed by atoms with Crippen LogP contribution in [-0.4, -0.2) is 13.1 Å². The lowest BCUT2D eigenvalue weighted by atomic mass is 10.1. The van der Waals surface area contributed by atoms with E-state index in [-0.39, 0.29) is 0 Å². The number of nitrogens with one attached hydrogen (secondary N) is 1. The van der Waals surface area contributed by atoms with Crippen LogP contribution in [0.2, 0.25) is 15.1 Å². The van der Waals surface area contributed by atoms with Crippen LogP contribution in [-0.2, 0) is 9.53 Å². The molecule has 110 valence electrons. The molecule has 1 N–H and O–H groups in total. The van der Waals surface area contributed by atoms with E-state index in [2.05, 4.69) is 5.32 Å². The van der Waals surface area contributed by atoms with Crippen LogP contribution in [0.3, 0.4) is 0 Å². The molecular formula is C15H12Cl3NO2. The standard InChI is InChI=1S/C15H12Cl3NO2/c1-21-15(20)14(12-8-10(17)4-7-13(12)18)19-11-5-2-9(16)3-6-11/h2-8,14,19H,1H3. The predicted octanol–water partition coefficient (Wildman–Crippen LogP) is 4.97. The summed E-state index contributed by atoms with van der Waals surface area (Å²) in [5.74, 6) is -0.464. The molecule has 2 aromatic rings. The van der Waals surface area contributed by atoms with E-state index in [1.54, 1.807) is 42.5 Å². The van der Waals surface area contributed by atoms with Crippen molar-refractivity contribution in [2.45, 2.75) is 6.04 Å². The van der Waals surface area contributed by atoms with Crippen LogP contribution < -0.4 is 5.32 Å². The predicted molar refractivity (Wildman–Crippen MR) is 86.3 cm³/mol. The van der Waals surface area contributed by atoms with E-state index in [1.807, 2.05) is 0 Å². The fourth-order valence-electron chi connectivity index (χ4n) is 1.83. The van der Waals surface area contributed by atoms with Gasteiger partial charge in [0.1, 0.15) is 0 Å². The average molecular weight is 345 g/mol. The summed E-state index contributed by atoms with van der Waals surface area (Å²) in [4.78, 5) is 12.0. The quantitative estimate of drug-likeness (QED) is 0.796. The van der Waals surface area contributed by atoms with Crippen molar-refractivity contribution in [2.75, 3.05) is 12.4 Å². The Balaban J connectivity index is 2.36. The van der Waals surface area contributed by atoms with E-state index in [1.165, 1.54) is 7.11 Å². The molecule has 2 aromatic carbocycles. The Morgan fingerprint density at radius 2 is 1.67 bits per heavy atom. The summed E-state index contributed by atoms with van der Waals surface area (Å²) in [5, 5.41) is 4.59. The third-order valence-electron chi connectivity index (χ3n) is 2.86. The molecule has 0 aliphatic heterocycles. The third-order valence-corrected chi connectivity index (χ3v) is 3.69. The first-order chi connectivity index (χ1) is 10.0. The van der Waals surface area contributed by atoms with Gasteiger partial charge in [0.25, 0.3) is 0 Å². The zero-order valence-corrected chi connectivity index (χ0v) is 13.3. The first kappa shape index (κ1) is 16.0. The number of esters is 1. The van der Waals surface area contributed by atoms with Crippen LogP contribution >= 0.6 is 34.8 Å². The minimum Gasteiger partial charge on any atom is -0.467 e. The fraction of sp³-hybridized carbons (Fsp3) is 0.133. The molecule has 0 saturated heterocycles. The van der Waals surface area contributed by atoms with Crippen LogP contribution in [0.4, 0.5) is 5.69 Å². The number of halogens is 3. The number of benzene rings is 2. The Labute approximate surface area is 137 Å². The Kier molecular flexibility index (Phi) is 5.34. The normalized spacial score (nSPS) is 11.8. The van der Waals surface area contributed by atoms with Crippen LogP contribution in [0, 0.1) is 0 Å². The Morgan fingerprint density at radius 1 is 1.05 bits per heavy atom. The highest BCUT2D eigenvalue weighted by molar-refractivity contribution is 6.33. The van der Waals surface area contributed by atoms with E-state index in [0.29, 0.717) is 26.3 Å². The summed E-state index contributed by atoms with van der Waals surface area (Å²) >= 11 is 18.0. The van der Waals surface area contributed by atoms with E-state index in [9.17, 15) is 4.79 Å². The van der Waals surface area contributed by atoms with Crippen LogP contribution in [0.1, 0.15) is 11.6 Å². The van der Waals surface area contributed by atoms with Gasteiger partial charge in [-0.15, -0.1) is 0 Å². The van der Waals surface area contributed by atoms with Crippen molar-refractivity contribution in [2.24, 2.45) is 0 Å². The smallest absolute Gasteiger partial charge is 0.333 e. The van der Waals surface area contributed by atoms with Crippen molar-refractivity contribution in [1.29, 1.82) is 0 Å². The number of hydrogen-bond donors (Lipinski definition) is 1. The molecule has 0 radical (unpaired) electrons. The van der Waals surface area contributed by atoms with Crippen molar-refractivity contribution >= 4 is 46.5 Å². The number of hydrogen-bond acceptors (Lipinski definition) is 3. The molecule has 0 spiro atoms. The molecule has 0 aromatic heterocycles. The lowest BCUT2D eigenvalue weighted by Gasteiger charge is -2.19. The first-order valence-electron chi connectivity index (χ1n) is 6.06. The van der Waals surface area contributed by atoms with Crippen molar-refractivity contribution in [3.63, 3.8) is 0 Å². The zero-order chi connectivity index (χ0) is 15.4. The number of anilines is 1. The maximum Gasteiger partial charge on any atom is 0.333 e. The van der Waals surface area contributed by atoms with Crippen LogP contribution in [0.15, 0.2) is 42.5 Å². The van der Waals surface area contributed by atoms with Crippen molar-refractivity contribution < 1.29 is 9.53 Å². The third kappa shape index (κ3) is 4.03. The van der Waals surface area contributed by atoms with E-state index < -0.39 is 12.0 Å². The summed E-state index contributed by atoms with van der Waals surface area (Å²) in [6.45, 7) is 0. The highest BCUT2D eigenvalue weighted by Crippen LogP contribution is 2.30. The van der Waals surface area contributed by atoms with Gasteiger partial charge in [0, 0.05) is 26.3 Å². The summed E-state index contributed by atoms with van der Waals surface area (Å²) in [6, 6.07) is 11.1. The second-order valence-electron chi connectivity index (χ2n) is 4.27. The van der Waals surface area contributed by atoms with E-state index in [0.717, 1.165) is 0 Å². The number of carbonyl (C=O) groups is 1. The molecule has 1 unspecified atom stereocenters. The van der Waals surface area contributed by atoms with Gasteiger partial charge in [-0.3, -0.25) is 0 Å². The first-order valence-corrected chi connectivity index (χ1v) is 7.19. The number of carbonyl (C=O) groups excluding carboxylic acids is 1. The second-order valence-corrected chi connectivity index (χ2v) is 5.55. The Morgan fingerprint density at radius 3 is 2.29 bits per heavy atom. The highest BCUT2D eigenvalue weighted by atomic mass is 35.5. The van der Waals surface area contributed by atoms with Gasteiger partial charge in [0.05, 0.1) is 7.11 Å². The molecule has 21 heavy (non-hydrogen) atoms. The lowest BCUT2D eigenvalue weighted by molar-refractivity contribution is -0.141. The zero-order valence-electron chi connectivity index (χ0n) is 11.1. The Hall–Kier alpha value is -1.42. The van der Waals surface area contributed by atoms with Gasteiger partial charge in [-0.2, -0.15) is 0 Å². The molecule has 3 nitrogen and oxygen atoms in total. The molecule has 1 atom stereocenters. The Bertz CT molecular complexity index is 644. The maximum absolute atomic E-state index is 12.0. The van der Waals surface area contributed by atoms with Gasteiger partial charge in [-0.1, -0.05) is 34.8 Å². The monoisotopic (exact) mass is 343 g/mol. The molecule has 0 amide bonds. The summed E-state index contributed by atoms with van der Waals surface area (Å²) in [7, 11) is 1.32. The van der Waals surface area contributed by atoms with Gasteiger partial charge in [0.15, 0.2) is 6.04 Å². The molecule has 6 heteroatoms. The average Bonchev–Trinajstić information content (AvgIpc) is 2.48. The lowest BCUT2D eigenvalue weighted by Crippen LogP contribution is -2.22. The summed E-state index contributed by atoms with van der Waals surface area (Å²) in [5.41, 5.74) is 1.26. The molecule has 0 aliphatic rings. The van der Waals surface area contributed by atoms with Gasteiger partial charge < -0.3 is 10.1 Å². The fourth-order valence-corrected chi connectivity index (χ4v) is 2.36. The SMILES string of the molecule is COC(=O)C(Nc1ccc(Cl)cc1)c1cc(Cl)ccc1Cl. The van der Waals surface area contributed by atoms with Crippen molar-refractivity contribution in [1.82, 2.24) is 0 Å². The molecule has 2 rings (SSSR count). The van der Waals surface area contributed by atoms with Crippen LogP contribution in [0.5, 0.6) is 0 Å². The maximum atomic E-state index is 12.0. The van der Waals surface area contributed by atoms with Crippen molar-refractivity contribution in [3.8, 4) is 0 Å². The molecular weight excluding hydrogens is 333 g/mol. The topological polar surface area (TPSA) is 38.3 Å². The second kappa shape index (κ2) is 7.03. The number of methoxy groups -OCH3 is 1. The number of ether oxygens (including phenoxy) is 1. The molecule has 0 fully saturated rings. The van der Waals surface area contributed by atoms with Gasteiger partial charge in [0.2, 0.25) is 0 Å². The van der Waals surface area contributed by atoms with Gasteiger partial charge in [-0.25, -0.2) is 4.79 Å². The van der Waals surface area contributed by atoms with Gasteiger partial charge >= 0.3 is 5.97 Å². The van der Waals surface area contributed by atoms with Crippen molar-refractivity contribution in [3.05, 3.63) is 63.1 Å². The summed E-state index contributed by atoms with van der Waals surface area (Å²) in [6.07, 6.45) is 0. The number of rotatable bonds is 4. The van der Waals surface area contributed by atoms with E-state index in [4.69, 9.17) is 39.5 Å². The highest BCUT2D eigenvalue weighted by Gasteiger charge is 2.24. The van der Waals surface area contributed by atoms with Gasteiger partial charge in [-0.05, 0) is 42.5 Å². The van der Waals surface area contributed by atoms with Crippen LogP contribution in [0.25, 0.3) is 0 Å². The largest absolute Gasteiger partial charge is 0.467 e. The minimum absolute atomic E-state index is 0.427. The molecule has 0 aliphatic carbocycles. The molecule has 0 saturated carbocycles. The molecule has 0 heterocycles. The summed E-state index contributed by atoms with van der Waals surface area (Å²) < 4.78 is 4.83. The molecule has 0 bridgehead atoms. The van der Waals surface area contributed by atoms with E-state index >= 15 is 0 Å².